The van der Waals surface area contributed by atoms with Gasteiger partial charge in [-0.05, 0) is 98.4 Å². The molecule has 0 fully saturated rings. The van der Waals surface area contributed by atoms with Gasteiger partial charge in [-0.2, -0.15) is 11.3 Å². The SMILES string of the molecule is CC(C)(C)Cc1cc(-c2[c-]cccc2)ncc1[Si](C)(C)C.Cc1cc(C)c(-c2ccc3c(c2)sc2c(-c4cc5ccccc5cn4)[c-]ccc23)c(C)c1.[Ir]. The van der Waals surface area contributed by atoms with Crippen LogP contribution < -0.4 is 5.19 Å². The van der Waals surface area contributed by atoms with Gasteiger partial charge in [-0.3, -0.25) is 0 Å². The van der Waals surface area contributed by atoms with Crippen molar-refractivity contribution >= 4 is 55.5 Å². The second-order valence-electron chi connectivity index (χ2n) is 16.6. The fourth-order valence-corrected chi connectivity index (χ4v) is 10.4. The second-order valence-corrected chi connectivity index (χ2v) is 22.7. The minimum absolute atomic E-state index is 0. The summed E-state index contributed by atoms with van der Waals surface area (Å²) in [5.41, 5.74) is 12.5. The van der Waals surface area contributed by atoms with Crippen LogP contribution in [0.5, 0.6) is 0 Å². The van der Waals surface area contributed by atoms with Gasteiger partial charge in [0.2, 0.25) is 0 Å². The fraction of sp³-hybridized carbons (Fsp3) is 0.224. The Morgan fingerprint density at radius 1 is 0.685 bits per heavy atom. The molecule has 275 valence electrons. The molecule has 0 bridgehead atoms. The van der Waals surface area contributed by atoms with E-state index in [1.807, 2.05) is 41.8 Å². The molecule has 0 saturated heterocycles. The van der Waals surface area contributed by atoms with Crippen molar-refractivity contribution in [2.75, 3.05) is 0 Å². The third kappa shape index (κ3) is 8.51. The van der Waals surface area contributed by atoms with E-state index in [1.165, 1.54) is 64.1 Å². The van der Waals surface area contributed by atoms with Crippen LogP contribution in [0.2, 0.25) is 19.6 Å². The normalized spacial score (nSPS) is 11.7. The van der Waals surface area contributed by atoms with Crippen molar-refractivity contribution in [2.24, 2.45) is 5.41 Å². The Bertz CT molecular complexity index is 2570. The Balaban J connectivity index is 0.000000198. The molecule has 0 aliphatic carbocycles. The van der Waals surface area contributed by atoms with Crippen LogP contribution in [0.1, 0.15) is 43.0 Å². The zero-order valence-electron chi connectivity index (χ0n) is 32.8. The molecule has 0 atom stereocenters. The minimum Gasteiger partial charge on any atom is -0.305 e. The summed E-state index contributed by atoms with van der Waals surface area (Å²) in [4.78, 5) is 9.48. The van der Waals surface area contributed by atoms with Crippen LogP contribution in [0.4, 0.5) is 0 Å². The number of hydrogen-bond acceptors (Lipinski definition) is 3. The van der Waals surface area contributed by atoms with Gasteiger partial charge in [0.25, 0.3) is 0 Å². The zero-order chi connectivity index (χ0) is 37.5. The molecule has 8 aromatic rings. The van der Waals surface area contributed by atoms with E-state index in [1.54, 1.807) is 0 Å². The van der Waals surface area contributed by atoms with Crippen LogP contribution >= 0.6 is 11.3 Å². The largest absolute Gasteiger partial charge is 0.305 e. The molecule has 5 aromatic carbocycles. The van der Waals surface area contributed by atoms with Gasteiger partial charge < -0.3 is 9.97 Å². The number of nitrogens with zero attached hydrogens (tertiary/aromatic N) is 2. The maximum atomic E-state index is 4.77. The third-order valence-corrected chi connectivity index (χ3v) is 13.0. The Hall–Kier alpha value is -4.25. The second kappa shape index (κ2) is 15.8. The predicted octanol–water partition coefficient (Wildman–Crippen LogP) is 13.3. The number of benzene rings is 5. The standard InChI is InChI=1S/C30H22NS.C19H26NSi.Ir/c1-18-13-19(2)29(20(3)14-18)22-11-12-24-25-9-6-10-26(30(25)32-28(24)16-22)27-15-21-7-4-5-8-23(21)17-31-27;1-19(2,3)13-16-12-17(15-10-8-7-9-11-15)20-14-18(16)21(4,5)6;/h4-9,11-17H,1-3H3;7-10,12,14H,13H2,1-6H3;/q2*-1;. The molecule has 0 amide bonds. The van der Waals surface area contributed by atoms with Gasteiger partial charge in [-0.25, -0.2) is 0 Å². The van der Waals surface area contributed by atoms with Crippen LogP contribution in [-0.2, 0) is 26.5 Å². The van der Waals surface area contributed by atoms with E-state index in [0.29, 0.717) is 0 Å². The van der Waals surface area contributed by atoms with E-state index >= 15 is 0 Å². The molecule has 3 heterocycles. The van der Waals surface area contributed by atoms with Crippen molar-refractivity contribution in [1.29, 1.82) is 0 Å². The number of rotatable bonds is 5. The Morgan fingerprint density at radius 3 is 2.07 bits per heavy atom. The molecular weight excluding hydrogens is 869 g/mol. The molecule has 0 saturated carbocycles. The van der Waals surface area contributed by atoms with E-state index in [9.17, 15) is 0 Å². The van der Waals surface area contributed by atoms with E-state index < -0.39 is 8.07 Å². The molecule has 0 aliphatic rings. The van der Waals surface area contributed by atoms with E-state index in [2.05, 4.69) is 158 Å². The van der Waals surface area contributed by atoms with Gasteiger partial charge in [0, 0.05) is 37.2 Å². The first-order valence-corrected chi connectivity index (χ1v) is 22.8. The molecule has 0 N–H and O–H groups in total. The monoisotopic (exact) mass is 917 g/mol. The van der Waals surface area contributed by atoms with Crippen LogP contribution in [0.25, 0.3) is 64.6 Å². The van der Waals surface area contributed by atoms with Crippen molar-refractivity contribution < 1.29 is 20.1 Å². The number of thiophene rings is 1. The number of fused-ring (bicyclic) bond motifs is 4. The Morgan fingerprint density at radius 2 is 1.39 bits per heavy atom. The molecule has 1 radical (unpaired) electrons. The quantitative estimate of drug-likeness (QED) is 0.127. The van der Waals surface area contributed by atoms with E-state index in [4.69, 9.17) is 9.97 Å². The van der Waals surface area contributed by atoms with Crippen LogP contribution in [0.15, 0.2) is 116 Å². The summed E-state index contributed by atoms with van der Waals surface area (Å²) < 4.78 is 2.55. The predicted molar refractivity (Wildman–Crippen MR) is 233 cm³/mol. The van der Waals surface area contributed by atoms with Gasteiger partial charge in [0.05, 0.1) is 8.07 Å². The van der Waals surface area contributed by atoms with Gasteiger partial charge in [-0.1, -0.05) is 118 Å². The molecule has 0 unspecified atom stereocenters. The maximum absolute atomic E-state index is 4.77. The van der Waals surface area contributed by atoms with Gasteiger partial charge in [-0.15, -0.1) is 59.7 Å². The summed E-state index contributed by atoms with van der Waals surface area (Å²) in [6, 6.07) is 43.3. The molecular formula is C49H48IrN2SSi-2. The van der Waals surface area contributed by atoms with E-state index in [-0.39, 0.29) is 25.5 Å². The topological polar surface area (TPSA) is 25.8 Å². The minimum atomic E-state index is -1.37. The molecule has 0 aliphatic heterocycles. The molecule has 2 nitrogen and oxygen atoms in total. The van der Waals surface area contributed by atoms with Crippen molar-refractivity contribution in [2.45, 2.75) is 67.6 Å². The molecule has 3 aromatic heterocycles. The van der Waals surface area contributed by atoms with Crippen molar-refractivity contribution in [3.8, 4) is 33.6 Å². The molecule has 5 heteroatoms. The first-order chi connectivity index (χ1) is 25.2. The number of hydrogen-bond donors (Lipinski definition) is 0. The fourth-order valence-electron chi connectivity index (χ4n) is 7.53. The van der Waals surface area contributed by atoms with Crippen LogP contribution in [0, 0.1) is 38.3 Å². The van der Waals surface area contributed by atoms with Crippen molar-refractivity contribution in [3.63, 3.8) is 0 Å². The smallest absolute Gasteiger partial charge is 0.0798 e. The number of aryl methyl sites for hydroxylation is 3. The third-order valence-electron chi connectivity index (χ3n) is 9.79. The summed E-state index contributed by atoms with van der Waals surface area (Å²) in [6.07, 6.45) is 5.17. The summed E-state index contributed by atoms with van der Waals surface area (Å²) in [6.45, 7) is 20.7. The maximum Gasteiger partial charge on any atom is 0.0798 e. The molecule has 0 spiro atoms. The summed E-state index contributed by atoms with van der Waals surface area (Å²) in [5, 5.41) is 6.42. The van der Waals surface area contributed by atoms with Crippen molar-refractivity contribution in [1.82, 2.24) is 9.97 Å². The van der Waals surface area contributed by atoms with Crippen LogP contribution in [0.3, 0.4) is 0 Å². The number of pyridine rings is 2. The average molecular weight is 917 g/mol. The number of aromatic nitrogens is 2. The summed E-state index contributed by atoms with van der Waals surface area (Å²) in [7, 11) is -1.37. The van der Waals surface area contributed by atoms with Gasteiger partial charge >= 0.3 is 0 Å². The Labute approximate surface area is 340 Å². The average Bonchev–Trinajstić information content (AvgIpc) is 3.49. The van der Waals surface area contributed by atoms with E-state index in [0.717, 1.165) is 34.3 Å². The first-order valence-electron chi connectivity index (χ1n) is 18.5. The Kier molecular flexibility index (Phi) is 11.6. The zero-order valence-corrected chi connectivity index (χ0v) is 37.0. The van der Waals surface area contributed by atoms with Gasteiger partial charge in [0.15, 0.2) is 0 Å². The van der Waals surface area contributed by atoms with Crippen LogP contribution in [-0.4, -0.2) is 18.0 Å². The van der Waals surface area contributed by atoms with Gasteiger partial charge in [0.1, 0.15) is 0 Å². The van der Waals surface area contributed by atoms with Crippen molar-refractivity contribution in [3.05, 3.63) is 150 Å². The molecule has 54 heavy (non-hydrogen) atoms. The summed E-state index contributed by atoms with van der Waals surface area (Å²) >= 11 is 1.84. The first kappa shape index (κ1) is 39.4. The summed E-state index contributed by atoms with van der Waals surface area (Å²) in [5.74, 6) is 0. The molecule has 8 rings (SSSR count).